The molecule has 0 N–H and O–H groups in total. The van der Waals surface area contributed by atoms with Gasteiger partial charge in [0.1, 0.15) is 23.5 Å². The molecule has 0 saturated heterocycles. The van der Waals surface area contributed by atoms with Crippen LogP contribution in [0, 0.1) is 6.92 Å². The van der Waals surface area contributed by atoms with Crippen LogP contribution in [0.25, 0.3) is 60.5 Å². The van der Waals surface area contributed by atoms with E-state index in [2.05, 4.69) is 102 Å². The Balaban J connectivity index is 1.83. The molecule has 4 heterocycles. The van der Waals surface area contributed by atoms with Crippen LogP contribution in [0.4, 0.5) is 0 Å². The number of furan rings is 1. The van der Waals surface area contributed by atoms with E-state index in [1.807, 2.05) is 0 Å². The summed E-state index contributed by atoms with van der Waals surface area (Å²) in [5.41, 5.74) is 9.21. The highest BCUT2D eigenvalue weighted by atomic mass is 16.3. The molecule has 3 aromatic carbocycles. The van der Waals surface area contributed by atoms with Crippen LogP contribution in [0.5, 0.6) is 0 Å². The van der Waals surface area contributed by atoms with E-state index in [0.29, 0.717) is 0 Å². The first kappa shape index (κ1) is 16.0. The predicted molar refractivity (Wildman–Crippen MR) is 122 cm³/mol. The van der Waals surface area contributed by atoms with Gasteiger partial charge in [-0.3, -0.25) is 0 Å². The summed E-state index contributed by atoms with van der Waals surface area (Å²) in [4.78, 5) is 0. The average Bonchev–Trinajstić information content (AvgIpc) is 3.40. The van der Waals surface area contributed by atoms with Crippen molar-refractivity contribution in [2.24, 2.45) is 7.05 Å². The number of rotatable bonds is 1. The summed E-state index contributed by atoms with van der Waals surface area (Å²) in [5.74, 6) is 0. The third kappa shape index (κ3) is 1.79. The molecule has 4 aromatic heterocycles. The van der Waals surface area contributed by atoms with Gasteiger partial charge in [-0.1, -0.05) is 48.5 Å². The van der Waals surface area contributed by atoms with Crippen LogP contribution in [-0.2, 0) is 7.05 Å². The molecule has 7 aromatic rings. The Morgan fingerprint density at radius 2 is 1.53 bits per heavy atom. The minimum atomic E-state index is 0.928. The van der Waals surface area contributed by atoms with Crippen molar-refractivity contribution in [3.05, 3.63) is 84.6 Å². The number of hydrogen-bond donors (Lipinski definition) is 0. The highest BCUT2D eigenvalue weighted by Crippen LogP contribution is 2.44. The van der Waals surface area contributed by atoms with Crippen LogP contribution in [0.15, 0.2) is 83.4 Å². The first-order valence-electron chi connectivity index (χ1n) is 10.3. The Morgan fingerprint density at radius 1 is 0.767 bits per heavy atom. The molecule has 7 rings (SSSR count). The topological polar surface area (TPSA) is 21.4 Å². The summed E-state index contributed by atoms with van der Waals surface area (Å²) in [6.45, 7) is 2.17. The first-order chi connectivity index (χ1) is 14.7. The van der Waals surface area contributed by atoms with Crippen molar-refractivity contribution in [1.29, 1.82) is 0 Å². The van der Waals surface area contributed by atoms with E-state index < -0.39 is 0 Å². The van der Waals surface area contributed by atoms with Crippen molar-refractivity contribution in [3.63, 3.8) is 0 Å². The maximum Gasteiger partial charge on any atom is 0.225 e. The summed E-state index contributed by atoms with van der Waals surface area (Å²) in [6, 6.07) is 25.9. The zero-order valence-electron chi connectivity index (χ0n) is 16.8. The van der Waals surface area contributed by atoms with Crippen molar-refractivity contribution in [3.8, 4) is 11.3 Å². The lowest BCUT2D eigenvalue weighted by Gasteiger charge is -2.05. The summed E-state index contributed by atoms with van der Waals surface area (Å²) >= 11 is 0. The fraction of sp³-hybridized carbons (Fsp3) is 0.0741. The first-order valence-corrected chi connectivity index (χ1v) is 10.3. The summed E-state index contributed by atoms with van der Waals surface area (Å²) in [5, 5.41) is 4.91. The highest BCUT2D eigenvalue weighted by Gasteiger charge is 2.27. The maximum absolute atomic E-state index is 6.51. The van der Waals surface area contributed by atoms with Crippen LogP contribution >= 0.6 is 0 Å². The van der Waals surface area contributed by atoms with Gasteiger partial charge < -0.3 is 8.82 Å². The normalized spacial score (nSPS) is 12.3. The molecule has 3 heteroatoms. The minimum absolute atomic E-state index is 0.928. The molecule has 0 fully saturated rings. The lowest BCUT2D eigenvalue weighted by Crippen LogP contribution is -2.30. The fourth-order valence-corrected chi connectivity index (χ4v) is 5.21. The van der Waals surface area contributed by atoms with Crippen LogP contribution in [0.1, 0.15) is 5.56 Å². The summed E-state index contributed by atoms with van der Waals surface area (Å²) in [7, 11) is 2.12. The third-order valence-corrected chi connectivity index (χ3v) is 6.51. The Morgan fingerprint density at radius 3 is 2.43 bits per heavy atom. The van der Waals surface area contributed by atoms with Gasteiger partial charge in [-0.05, 0) is 30.7 Å². The third-order valence-electron chi connectivity index (χ3n) is 6.51. The van der Waals surface area contributed by atoms with E-state index in [9.17, 15) is 0 Å². The minimum Gasteiger partial charge on any atom is -0.453 e. The smallest absolute Gasteiger partial charge is 0.225 e. The standard InChI is InChI=1S/C27H19N2O/c1-16-8-3-4-9-17(16)25-23-22(14-15-28(25)2)30-27-20-12-7-11-19-18-10-5-6-13-21(18)29(24(19)20)26(23)27/h3-15H,1-2H3/q+1. The monoisotopic (exact) mass is 387 g/mol. The van der Waals surface area contributed by atoms with Gasteiger partial charge in [-0.2, -0.15) is 0 Å². The van der Waals surface area contributed by atoms with E-state index in [0.717, 1.165) is 16.7 Å². The van der Waals surface area contributed by atoms with Crippen LogP contribution in [-0.4, -0.2) is 4.40 Å². The lowest BCUT2D eigenvalue weighted by molar-refractivity contribution is -0.659. The second-order valence-electron chi connectivity index (χ2n) is 8.16. The molecule has 0 radical (unpaired) electrons. The molecule has 0 aliphatic carbocycles. The highest BCUT2D eigenvalue weighted by molar-refractivity contribution is 6.27. The van der Waals surface area contributed by atoms with Gasteiger partial charge in [0.15, 0.2) is 11.8 Å². The number of para-hydroxylation sites is 2. The molecule has 3 nitrogen and oxygen atoms in total. The van der Waals surface area contributed by atoms with E-state index in [4.69, 9.17) is 4.42 Å². The van der Waals surface area contributed by atoms with Crippen LogP contribution < -0.4 is 4.57 Å². The molecule has 0 atom stereocenters. The van der Waals surface area contributed by atoms with Crippen molar-refractivity contribution in [2.75, 3.05) is 0 Å². The van der Waals surface area contributed by atoms with Gasteiger partial charge in [0.05, 0.1) is 11.0 Å². The molecule has 0 spiro atoms. The largest absolute Gasteiger partial charge is 0.453 e. The molecule has 142 valence electrons. The van der Waals surface area contributed by atoms with E-state index in [1.54, 1.807) is 0 Å². The fourth-order valence-electron chi connectivity index (χ4n) is 5.21. The molecule has 0 bridgehead atoms. The Bertz CT molecular complexity index is 1770. The van der Waals surface area contributed by atoms with Crippen LogP contribution in [0.2, 0.25) is 0 Å². The average molecular weight is 387 g/mol. The predicted octanol–water partition coefficient (Wildman–Crippen LogP) is 6.38. The molecule has 0 saturated carbocycles. The molecule has 0 aliphatic rings. The molecule has 0 aliphatic heterocycles. The Kier molecular flexibility index (Phi) is 2.88. The SMILES string of the molecule is Cc1ccccc1-c1c2c(cc[n+]1C)oc1c3cccc4c5ccccc5n(c43)c12. The Hall–Kier alpha value is -3.85. The Labute approximate surface area is 172 Å². The zero-order valence-corrected chi connectivity index (χ0v) is 16.8. The van der Waals surface area contributed by atoms with Crippen molar-refractivity contribution in [2.45, 2.75) is 6.92 Å². The molecular formula is C27H19N2O+. The van der Waals surface area contributed by atoms with Crippen LogP contribution in [0.3, 0.4) is 0 Å². The van der Waals surface area contributed by atoms with E-state index in [1.165, 1.54) is 49.4 Å². The number of aryl methyl sites for hydroxylation is 2. The number of aromatic nitrogens is 2. The van der Waals surface area contributed by atoms with Gasteiger partial charge in [-0.25, -0.2) is 4.57 Å². The van der Waals surface area contributed by atoms with E-state index >= 15 is 0 Å². The molecule has 30 heavy (non-hydrogen) atoms. The zero-order chi connectivity index (χ0) is 20.0. The number of fused-ring (bicyclic) bond motifs is 8. The van der Waals surface area contributed by atoms with Crippen molar-refractivity contribution < 1.29 is 8.98 Å². The van der Waals surface area contributed by atoms with Gasteiger partial charge >= 0.3 is 0 Å². The van der Waals surface area contributed by atoms with Gasteiger partial charge in [-0.15, -0.1) is 0 Å². The second-order valence-corrected chi connectivity index (χ2v) is 8.16. The maximum atomic E-state index is 6.51. The van der Waals surface area contributed by atoms with Gasteiger partial charge in [0, 0.05) is 27.8 Å². The summed E-state index contributed by atoms with van der Waals surface area (Å²) in [6.07, 6.45) is 2.10. The molecule has 0 amide bonds. The number of nitrogens with zero attached hydrogens (tertiary/aromatic N) is 2. The second kappa shape index (κ2) is 5.39. The molecular weight excluding hydrogens is 368 g/mol. The quantitative estimate of drug-likeness (QED) is 0.299. The number of benzene rings is 3. The van der Waals surface area contributed by atoms with Gasteiger partial charge in [0.25, 0.3) is 0 Å². The van der Waals surface area contributed by atoms with E-state index in [-0.39, 0.29) is 0 Å². The number of pyridine rings is 1. The van der Waals surface area contributed by atoms with Gasteiger partial charge in [0.2, 0.25) is 5.69 Å². The number of hydrogen-bond acceptors (Lipinski definition) is 1. The van der Waals surface area contributed by atoms with Crippen molar-refractivity contribution in [1.82, 2.24) is 4.40 Å². The lowest BCUT2D eigenvalue weighted by atomic mass is 10.0. The molecule has 0 unspecified atom stereocenters. The van der Waals surface area contributed by atoms with Crippen molar-refractivity contribution >= 4 is 49.3 Å². The summed E-state index contributed by atoms with van der Waals surface area (Å²) < 4.78 is 11.1.